The Balaban J connectivity index is 1.09. The summed E-state index contributed by atoms with van der Waals surface area (Å²) >= 11 is 0. The molecule has 8 heteroatoms. The van der Waals surface area contributed by atoms with E-state index in [2.05, 4.69) is 24.3 Å². The zero-order chi connectivity index (χ0) is 36.2. The molecule has 0 atom stereocenters. The van der Waals surface area contributed by atoms with E-state index in [-0.39, 0.29) is 5.82 Å². The predicted molar refractivity (Wildman–Crippen MR) is 216 cm³/mol. The molecule has 0 saturated carbocycles. The van der Waals surface area contributed by atoms with Crippen LogP contribution in [0, 0.1) is 0 Å². The van der Waals surface area contributed by atoms with Gasteiger partial charge in [0.2, 0.25) is 0 Å². The smallest absolute Gasteiger partial charge is 0.164 e. The average molecular weight is 701 g/mol. The Morgan fingerprint density at radius 1 is 0.481 bits per heavy atom. The van der Waals surface area contributed by atoms with Crippen LogP contribution in [0.3, 0.4) is 0 Å². The summed E-state index contributed by atoms with van der Waals surface area (Å²) in [5, 5.41) is 3.89. The number of benzene rings is 6. The summed E-state index contributed by atoms with van der Waals surface area (Å²) in [6, 6.07) is 46.1. The summed E-state index contributed by atoms with van der Waals surface area (Å²) in [5.74, 6) is 2.01. The molecule has 9 aromatic rings. The van der Waals surface area contributed by atoms with Crippen molar-refractivity contribution in [3.05, 3.63) is 168 Å². The number of allylic oxidation sites excluding steroid dienone is 2. The molecular formula is C46H32N6O2. The molecule has 4 N–H and O–H groups in total. The first-order valence-corrected chi connectivity index (χ1v) is 17.9. The van der Waals surface area contributed by atoms with Gasteiger partial charge >= 0.3 is 0 Å². The van der Waals surface area contributed by atoms with Crippen molar-refractivity contribution in [1.29, 1.82) is 0 Å². The third-order valence-electron chi connectivity index (χ3n) is 10.0. The number of hydrogen-bond acceptors (Lipinski definition) is 8. The maximum atomic E-state index is 6.85. The lowest BCUT2D eigenvalue weighted by molar-refractivity contribution is 0.668. The standard InChI is InChI=1S/C46H32N6O2/c47-42-30(17-9-20-35(49-43(42)48)31-18-10-22-38-40(31)32-16-7-8-21-36(32)53-38)29-24-25-37-34(26-29)41-33(19-11-23-39(41)54-37)46-51-44(27-12-3-1-4-13-27)50-45(52-46)28-14-5-2-6-15-28/h1-8,10-19,21-26H,9,20,47-48H2/b30-17+,43-42?,49-35?. The number of para-hydroxylation sites is 1. The summed E-state index contributed by atoms with van der Waals surface area (Å²) in [7, 11) is 0. The van der Waals surface area contributed by atoms with Gasteiger partial charge in [0.25, 0.3) is 0 Å². The number of aromatic nitrogens is 3. The molecular weight excluding hydrogens is 669 g/mol. The van der Waals surface area contributed by atoms with Crippen molar-refractivity contribution in [2.75, 3.05) is 0 Å². The summed E-state index contributed by atoms with van der Waals surface area (Å²) in [5.41, 5.74) is 23.3. The van der Waals surface area contributed by atoms with Crippen molar-refractivity contribution in [2.45, 2.75) is 12.8 Å². The third kappa shape index (κ3) is 5.31. The lowest BCUT2D eigenvalue weighted by atomic mass is 9.94. The molecule has 0 fully saturated rings. The van der Waals surface area contributed by atoms with Gasteiger partial charge in [-0.15, -0.1) is 0 Å². The van der Waals surface area contributed by atoms with Crippen molar-refractivity contribution in [2.24, 2.45) is 16.5 Å². The minimum Gasteiger partial charge on any atom is -0.456 e. The number of nitrogens with zero attached hydrogens (tertiary/aromatic N) is 4. The van der Waals surface area contributed by atoms with E-state index in [0.29, 0.717) is 36.0 Å². The van der Waals surface area contributed by atoms with E-state index in [1.54, 1.807) is 0 Å². The maximum absolute atomic E-state index is 6.85. The van der Waals surface area contributed by atoms with Crippen LogP contribution in [0.15, 0.2) is 171 Å². The molecule has 1 aliphatic heterocycles. The second-order valence-electron chi connectivity index (χ2n) is 13.3. The number of nitrogens with two attached hydrogens (primary N) is 2. The molecule has 0 radical (unpaired) electrons. The lowest BCUT2D eigenvalue weighted by Crippen LogP contribution is -2.15. The van der Waals surface area contributed by atoms with Gasteiger partial charge in [0.1, 0.15) is 28.2 Å². The molecule has 8 nitrogen and oxygen atoms in total. The van der Waals surface area contributed by atoms with E-state index < -0.39 is 0 Å². The third-order valence-corrected chi connectivity index (χ3v) is 10.0. The van der Waals surface area contributed by atoms with Crippen molar-refractivity contribution >= 4 is 55.2 Å². The van der Waals surface area contributed by atoms with Gasteiger partial charge in [-0.05, 0) is 48.7 Å². The highest BCUT2D eigenvalue weighted by atomic mass is 16.3. The van der Waals surface area contributed by atoms with Gasteiger partial charge in [0, 0.05) is 49.4 Å². The highest BCUT2D eigenvalue weighted by Crippen LogP contribution is 2.39. The molecule has 0 amide bonds. The minimum atomic E-state index is 0.269. The predicted octanol–water partition coefficient (Wildman–Crippen LogP) is 10.4. The summed E-state index contributed by atoms with van der Waals surface area (Å²) in [4.78, 5) is 19.9. The van der Waals surface area contributed by atoms with Crippen LogP contribution >= 0.6 is 0 Å². The Bertz CT molecular complexity index is 2950. The molecule has 54 heavy (non-hydrogen) atoms. The van der Waals surface area contributed by atoms with Crippen LogP contribution in [0.25, 0.3) is 83.6 Å². The van der Waals surface area contributed by atoms with E-state index >= 15 is 0 Å². The number of rotatable bonds is 5. The largest absolute Gasteiger partial charge is 0.456 e. The fourth-order valence-electron chi connectivity index (χ4n) is 7.46. The van der Waals surface area contributed by atoms with Gasteiger partial charge in [0.15, 0.2) is 17.5 Å². The quantitative estimate of drug-likeness (QED) is 0.183. The summed E-state index contributed by atoms with van der Waals surface area (Å²) in [6.45, 7) is 0. The number of fused-ring (bicyclic) bond motifs is 6. The average Bonchev–Trinajstić information content (AvgIpc) is 3.80. The molecule has 258 valence electrons. The summed E-state index contributed by atoms with van der Waals surface area (Å²) < 4.78 is 12.6. The highest BCUT2D eigenvalue weighted by molar-refractivity contribution is 6.19. The fraction of sp³-hybridized carbons (Fsp3) is 0.0435. The number of aliphatic imine (C=N–C) groups is 1. The maximum Gasteiger partial charge on any atom is 0.164 e. The molecule has 3 aromatic heterocycles. The van der Waals surface area contributed by atoms with Gasteiger partial charge in [-0.25, -0.2) is 19.9 Å². The van der Waals surface area contributed by atoms with Gasteiger partial charge in [-0.2, -0.15) is 0 Å². The van der Waals surface area contributed by atoms with E-state index in [1.165, 1.54) is 0 Å². The Labute approximate surface area is 309 Å². The second-order valence-corrected chi connectivity index (χ2v) is 13.3. The second kappa shape index (κ2) is 12.7. The van der Waals surface area contributed by atoms with Gasteiger partial charge < -0.3 is 20.3 Å². The van der Waals surface area contributed by atoms with Crippen molar-refractivity contribution < 1.29 is 8.83 Å². The van der Waals surface area contributed by atoms with Crippen LogP contribution < -0.4 is 11.5 Å². The van der Waals surface area contributed by atoms with E-state index in [9.17, 15) is 0 Å². The molecule has 10 rings (SSSR count). The molecule has 0 spiro atoms. The fourth-order valence-corrected chi connectivity index (χ4v) is 7.46. The molecule has 1 aliphatic rings. The monoisotopic (exact) mass is 700 g/mol. The van der Waals surface area contributed by atoms with Crippen LogP contribution in [-0.2, 0) is 0 Å². The number of furan rings is 2. The first kappa shape index (κ1) is 31.4. The first-order valence-electron chi connectivity index (χ1n) is 17.9. The Morgan fingerprint density at radius 3 is 1.76 bits per heavy atom. The first-order chi connectivity index (χ1) is 26.6. The van der Waals surface area contributed by atoms with Crippen LogP contribution in [-0.4, -0.2) is 20.7 Å². The minimum absolute atomic E-state index is 0.269. The Morgan fingerprint density at radius 2 is 1.06 bits per heavy atom. The Kier molecular flexibility index (Phi) is 7.40. The van der Waals surface area contributed by atoms with Crippen LogP contribution in [0.4, 0.5) is 0 Å². The topological polar surface area (TPSA) is 129 Å². The summed E-state index contributed by atoms with van der Waals surface area (Å²) in [6.07, 6.45) is 3.53. The zero-order valence-electron chi connectivity index (χ0n) is 29.0. The zero-order valence-corrected chi connectivity index (χ0v) is 29.0. The van der Waals surface area contributed by atoms with E-state index in [4.69, 9.17) is 40.2 Å². The lowest BCUT2D eigenvalue weighted by Gasteiger charge is -2.16. The van der Waals surface area contributed by atoms with E-state index in [0.717, 1.165) is 83.0 Å². The van der Waals surface area contributed by atoms with Gasteiger partial charge in [-0.3, -0.25) is 0 Å². The van der Waals surface area contributed by atoms with Crippen LogP contribution in [0.2, 0.25) is 0 Å². The van der Waals surface area contributed by atoms with Crippen molar-refractivity contribution in [3.63, 3.8) is 0 Å². The van der Waals surface area contributed by atoms with Crippen LogP contribution in [0.1, 0.15) is 24.0 Å². The number of hydrogen-bond donors (Lipinski definition) is 2. The molecule has 0 unspecified atom stereocenters. The Hall–Kier alpha value is -7.32. The normalized spacial score (nSPS) is 14.7. The molecule has 6 aromatic carbocycles. The molecule has 4 heterocycles. The van der Waals surface area contributed by atoms with Gasteiger partial charge in [-0.1, -0.05) is 115 Å². The van der Waals surface area contributed by atoms with Crippen molar-refractivity contribution in [3.8, 4) is 34.2 Å². The highest BCUT2D eigenvalue weighted by Gasteiger charge is 2.21. The molecule has 0 bridgehead atoms. The van der Waals surface area contributed by atoms with Crippen molar-refractivity contribution in [1.82, 2.24) is 15.0 Å². The van der Waals surface area contributed by atoms with Gasteiger partial charge in [0.05, 0.1) is 11.4 Å². The van der Waals surface area contributed by atoms with Crippen LogP contribution in [0.5, 0.6) is 0 Å². The molecule has 0 aliphatic carbocycles. The molecule has 0 saturated heterocycles. The van der Waals surface area contributed by atoms with E-state index in [1.807, 2.05) is 121 Å². The SMILES string of the molecule is NC1=C(N)/C(c2ccc3oc4cccc(-c5nc(-c6ccccc6)nc(-c6ccccc6)n5)c4c3c2)=C/CCC(c2cccc3oc4ccccc4c23)=N1.